The van der Waals surface area contributed by atoms with E-state index >= 15 is 0 Å². The van der Waals surface area contributed by atoms with E-state index in [1.54, 1.807) is 6.07 Å². The number of carbonyl (C=O) groups is 1. The quantitative estimate of drug-likeness (QED) is 0.677. The number of anilines is 2. The first kappa shape index (κ1) is 22.5. The molecule has 0 aromatic heterocycles. The molecule has 0 atom stereocenters. The van der Waals surface area contributed by atoms with Gasteiger partial charge in [-0.15, -0.1) is 0 Å². The van der Waals surface area contributed by atoms with Crippen LogP contribution in [0.4, 0.5) is 15.8 Å². The summed E-state index contributed by atoms with van der Waals surface area (Å²) < 4.78 is 13.3. The van der Waals surface area contributed by atoms with E-state index in [0.717, 1.165) is 42.9 Å². The van der Waals surface area contributed by atoms with Crippen LogP contribution < -0.4 is 10.6 Å². The van der Waals surface area contributed by atoms with Crippen molar-refractivity contribution in [1.29, 1.82) is 0 Å². The summed E-state index contributed by atoms with van der Waals surface area (Å²) in [4.78, 5) is 16.8. The van der Waals surface area contributed by atoms with Crippen molar-refractivity contribution < 1.29 is 9.18 Å². The average molecular weight is 449 g/mol. The molecule has 1 heterocycles. The van der Waals surface area contributed by atoms with E-state index in [2.05, 4.69) is 20.4 Å². The number of aryl methyl sites for hydroxylation is 2. The highest BCUT2D eigenvalue weighted by atomic mass is 35.5. The summed E-state index contributed by atoms with van der Waals surface area (Å²) >= 11 is 11.4. The lowest BCUT2D eigenvalue weighted by Gasteiger charge is -2.24. The third-order valence-corrected chi connectivity index (χ3v) is 5.81. The molecule has 0 bridgehead atoms. The van der Waals surface area contributed by atoms with Crippen LogP contribution in [0.25, 0.3) is 0 Å². The maximum absolute atomic E-state index is 13.3. The first-order chi connectivity index (χ1) is 14.3. The molecule has 2 N–H and O–H groups in total. The highest BCUT2D eigenvalue weighted by Gasteiger charge is 2.19. The van der Waals surface area contributed by atoms with E-state index in [-0.39, 0.29) is 10.9 Å². The Morgan fingerprint density at radius 2 is 1.83 bits per heavy atom. The molecule has 1 saturated heterocycles. The molecule has 30 heavy (non-hydrogen) atoms. The largest absolute Gasteiger partial charge is 0.348 e. The number of halogens is 2. The van der Waals surface area contributed by atoms with Gasteiger partial charge >= 0.3 is 0 Å². The Labute approximate surface area is 187 Å². The van der Waals surface area contributed by atoms with Gasteiger partial charge in [-0.2, -0.15) is 0 Å². The first-order valence-corrected chi connectivity index (χ1v) is 10.7. The lowest BCUT2D eigenvalue weighted by Crippen LogP contribution is -2.39. The Hall–Kier alpha value is -2.22. The fourth-order valence-electron chi connectivity index (χ4n) is 3.50. The van der Waals surface area contributed by atoms with Gasteiger partial charge in [0.2, 0.25) is 5.91 Å². The standard InChI is InChI=1S/C22H26ClFN4OS/c1-15-5-3-6-16(2)21(15)26-20(29)14-27-9-4-10-28(12-11-27)22(30)25-17-7-8-19(24)18(23)13-17/h3,5-8,13H,4,9-12,14H2,1-2H3,(H,25,30)(H,26,29). The minimum absolute atomic E-state index is 0.0116. The monoisotopic (exact) mass is 448 g/mol. The van der Waals surface area contributed by atoms with Crippen molar-refractivity contribution in [1.82, 2.24) is 9.80 Å². The van der Waals surface area contributed by atoms with Crippen LogP contribution in [0.5, 0.6) is 0 Å². The van der Waals surface area contributed by atoms with Gasteiger partial charge in [0.1, 0.15) is 5.82 Å². The van der Waals surface area contributed by atoms with Gasteiger partial charge in [0.25, 0.3) is 0 Å². The van der Waals surface area contributed by atoms with Crippen LogP contribution in [0.1, 0.15) is 17.5 Å². The third kappa shape index (κ3) is 5.90. The minimum atomic E-state index is -0.460. The van der Waals surface area contributed by atoms with Crippen LogP contribution in [0.3, 0.4) is 0 Å². The van der Waals surface area contributed by atoms with Crippen LogP contribution >= 0.6 is 23.8 Å². The van der Waals surface area contributed by atoms with Crippen LogP contribution in [-0.4, -0.2) is 53.5 Å². The second-order valence-corrected chi connectivity index (χ2v) is 8.28. The van der Waals surface area contributed by atoms with Gasteiger partial charge in [0.05, 0.1) is 11.6 Å². The van der Waals surface area contributed by atoms with Crippen molar-refractivity contribution in [2.24, 2.45) is 0 Å². The van der Waals surface area contributed by atoms with Crippen molar-refractivity contribution in [3.8, 4) is 0 Å². The molecular formula is C22H26ClFN4OS. The number of carbonyl (C=O) groups excluding carboxylic acids is 1. The number of hydrogen-bond acceptors (Lipinski definition) is 3. The van der Waals surface area contributed by atoms with E-state index in [0.29, 0.717) is 23.9 Å². The molecule has 160 valence electrons. The Balaban J connectivity index is 1.52. The molecule has 0 spiro atoms. The van der Waals surface area contributed by atoms with Gasteiger partial charge in [-0.1, -0.05) is 29.8 Å². The highest BCUT2D eigenvalue weighted by Crippen LogP contribution is 2.21. The molecule has 0 saturated carbocycles. The second kappa shape index (κ2) is 10.2. The van der Waals surface area contributed by atoms with Gasteiger partial charge in [-0.25, -0.2) is 4.39 Å². The number of rotatable bonds is 4. The Bertz CT molecular complexity index is 919. The summed E-state index contributed by atoms with van der Waals surface area (Å²) in [5.41, 5.74) is 3.66. The molecule has 2 aromatic carbocycles. The molecular weight excluding hydrogens is 423 g/mol. The molecule has 8 heteroatoms. The van der Waals surface area contributed by atoms with E-state index in [1.807, 2.05) is 32.0 Å². The van der Waals surface area contributed by atoms with Crippen molar-refractivity contribution in [2.75, 3.05) is 43.4 Å². The highest BCUT2D eigenvalue weighted by molar-refractivity contribution is 7.80. The Morgan fingerprint density at radius 3 is 2.53 bits per heavy atom. The molecule has 2 aromatic rings. The third-order valence-electron chi connectivity index (χ3n) is 5.16. The second-order valence-electron chi connectivity index (χ2n) is 7.49. The fourth-order valence-corrected chi connectivity index (χ4v) is 3.98. The SMILES string of the molecule is Cc1cccc(C)c1NC(=O)CN1CCCN(C(=S)Nc2ccc(F)c(Cl)c2)CC1. The van der Waals surface area contributed by atoms with E-state index < -0.39 is 5.82 Å². The van der Waals surface area contributed by atoms with Crippen molar-refractivity contribution in [3.63, 3.8) is 0 Å². The zero-order chi connectivity index (χ0) is 21.7. The average Bonchev–Trinajstić information content (AvgIpc) is 2.93. The maximum Gasteiger partial charge on any atom is 0.238 e. The number of hydrogen-bond donors (Lipinski definition) is 2. The van der Waals surface area contributed by atoms with E-state index in [1.165, 1.54) is 12.1 Å². The lowest BCUT2D eigenvalue weighted by molar-refractivity contribution is -0.117. The Kier molecular flexibility index (Phi) is 7.64. The zero-order valence-electron chi connectivity index (χ0n) is 17.2. The van der Waals surface area contributed by atoms with Gasteiger partial charge in [-0.3, -0.25) is 9.69 Å². The van der Waals surface area contributed by atoms with Gasteiger partial charge in [0, 0.05) is 37.6 Å². The summed E-state index contributed by atoms with van der Waals surface area (Å²) in [6.45, 7) is 7.37. The van der Waals surface area contributed by atoms with E-state index in [4.69, 9.17) is 23.8 Å². The first-order valence-electron chi connectivity index (χ1n) is 9.93. The smallest absolute Gasteiger partial charge is 0.238 e. The van der Waals surface area contributed by atoms with Crippen LogP contribution in [-0.2, 0) is 4.79 Å². The normalized spacial score (nSPS) is 14.9. The number of thiocarbonyl (C=S) groups is 1. The molecule has 1 aliphatic rings. The number of amides is 1. The number of para-hydroxylation sites is 1. The lowest BCUT2D eigenvalue weighted by atomic mass is 10.1. The van der Waals surface area contributed by atoms with Crippen LogP contribution in [0, 0.1) is 19.7 Å². The molecule has 0 unspecified atom stereocenters. The summed E-state index contributed by atoms with van der Waals surface area (Å²) in [5.74, 6) is -0.472. The molecule has 0 aliphatic carbocycles. The van der Waals surface area contributed by atoms with Gasteiger partial charge in [0.15, 0.2) is 5.11 Å². The van der Waals surface area contributed by atoms with Crippen molar-refractivity contribution in [2.45, 2.75) is 20.3 Å². The predicted octanol–water partition coefficient (Wildman–Crippen LogP) is 4.44. The molecule has 1 amide bonds. The van der Waals surface area contributed by atoms with Crippen LogP contribution in [0.15, 0.2) is 36.4 Å². The Morgan fingerprint density at radius 1 is 1.10 bits per heavy atom. The number of nitrogens with zero attached hydrogens (tertiary/aromatic N) is 2. The molecule has 3 rings (SSSR count). The molecule has 1 fully saturated rings. The maximum atomic E-state index is 13.3. The minimum Gasteiger partial charge on any atom is -0.348 e. The zero-order valence-corrected chi connectivity index (χ0v) is 18.7. The fraction of sp³-hybridized carbons (Fsp3) is 0.364. The van der Waals surface area contributed by atoms with Crippen molar-refractivity contribution in [3.05, 3.63) is 58.4 Å². The summed E-state index contributed by atoms with van der Waals surface area (Å²) in [6, 6.07) is 10.4. The van der Waals surface area contributed by atoms with Crippen molar-refractivity contribution >= 4 is 46.2 Å². The topological polar surface area (TPSA) is 47.6 Å². The summed E-state index contributed by atoms with van der Waals surface area (Å²) in [6.07, 6.45) is 0.892. The summed E-state index contributed by atoms with van der Waals surface area (Å²) in [7, 11) is 0. The van der Waals surface area contributed by atoms with Gasteiger partial charge < -0.3 is 15.5 Å². The van der Waals surface area contributed by atoms with Crippen LogP contribution in [0.2, 0.25) is 5.02 Å². The van der Waals surface area contributed by atoms with E-state index in [9.17, 15) is 9.18 Å². The number of nitrogens with one attached hydrogen (secondary N) is 2. The predicted molar refractivity (Wildman–Crippen MR) is 125 cm³/mol. The van der Waals surface area contributed by atoms with Gasteiger partial charge in [-0.05, 0) is 61.8 Å². The molecule has 5 nitrogen and oxygen atoms in total. The molecule has 1 aliphatic heterocycles. The molecule has 0 radical (unpaired) electrons. The number of benzene rings is 2. The summed E-state index contributed by atoms with van der Waals surface area (Å²) in [5, 5.41) is 6.79.